The molecule has 0 radical (unpaired) electrons. The summed E-state index contributed by atoms with van der Waals surface area (Å²) in [6, 6.07) is 13.8. The number of amides is 3. The summed E-state index contributed by atoms with van der Waals surface area (Å²) in [5, 5.41) is 17.0. The van der Waals surface area contributed by atoms with Crippen LogP contribution in [0.4, 0.5) is 29.3 Å². The Hall–Kier alpha value is -3.72. The molecule has 34 heavy (non-hydrogen) atoms. The number of alkyl halides is 3. The molecule has 3 rings (SSSR count). The highest BCUT2D eigenvalue weighted by atomic mass is 35.5. The van der Waals surface area contributed by atoms with Gasteiger partial charge < -0.3 is 21.1 Å². The predicted molar refractivity (Wildman–Crippen MR) is 124 cm³/mol. The summed E-state index contributed by atoms with van der Waals surface area (Å²) in [7, 11) is 0. The number of phenolic OH excluding ortho intramolecular Hbond substituents is 1. The molecule has 0 aliphatic rings. The number of hydrogen-bond donors (Lipinski definition) is 4. The number of rotatable bonds is 6. The number of para-hydroxylation sites is 1. The van der Waals surface area contributed by atoms with Crippen LogP contribution in [-0.2, 0) is 12.6 Å². The largest absolute Gasteiger partial charge is 0.507 e. The van der Waals surface area contributed by atoms with Crippen LogP contribution in [0.5, 0.6) is 5.75 Å². The number of anilines is 2. The molecule has 0 aliphatic heterocycles. The van der Waals surface area contributed by atoms with Gasteiger partial charge in [-0.2, -0.15) is 13.2 Å². The molecule has 10 heteroatoms. The summed E-state index contributed by atoms with van der Waals surface area (Å²) in [6.45, 7) is 2.16. The lowest BCUT2D eigenvalue weighted by molar-refractivity contribution is -0.137. The Bertz CT molecular complexity index is 1220. The first-order valence-corrected chi connectivity index (χ1v) is 10.5. The molecule has 0 atom stereocenters. The number of aromatic hydroxyl groups is 1. The molecule has 178 valence electrons. The number of carbonyl (C=O) groups excluding carboxylic acids is 2. The zero-order valence-corrected chi connectivity index (χ0v) is 18.7. The van der Waals surface area contributed by atoms with Gasteiger partial charge in [0.05, 0.1) is 16.1 Å². The topological polar surface area (TPSA) is 90.5 Å². The number of urea groups is 1. The maximum atomic E-state index is 13.0. The van der Waals surface area contributed by atoms with Gasteiger partial charge in [0.2, 0.25) is 0 Å². The van der Waals surface area contributed by atoms with E-state index in [2.05, 4.69) is 16.0 Å². The first-order chi connectivity index (χ1) is 16.0. The van der Waals surface area contributed by atoms with E-state index >= 15 is 0 Å². The summed E-state index contributed by atoms with van der Waals surface area (Å²) in [6.07, 6.45) is -4.12. The van der Waals surface area contributed by atoms with Gasteiger partial charge in [0.15, 0.2) is 0 Å². The van der Waals surface area contributed by atoms with Crippen LogP contribution in [0, 0.1) is 6.92 Å². The van der Waals surface area contributed by atoms with E-state index in [0.29, 0.717) is 18.7 Å². The lowest BCUT2D eigenvalue weighted by atomic mass is 10.0. The van der Waals surface area contributed by atoms with Gasteiger partial charge in [-0.05, 0) is 66.9 Å². The van der Waals surface area contributed by atoms with Crippen molar-refractivity contribution in [3.05, 3.63) is 87.9 Å². The van der Waals surface area contributed by atoms with E-state index in [9.17, 15) is 27.9 Å². The number of hydrogen-bond acceptors (Lipinski definition) is 3. The Balaban J connectivity index is 1.56. The van der Waals surface area contributed by atoms with Crippen LogP contribution in [0.2, 0.25) is 5.02 Å². The summed E-state index contributed by atoms with van der Waals surface area (Å²) in [4.78, 5) is 24.4. The Morgan fingerprint density at radius 2 is 1.62 bits per heavy atom. The van der Waals surface area contributed by atoms with Crippen LogP contribution < -0.4 is 16.0 Å². The standard InChI is InChI=1S/C24H21ClF3N3O3/c1-14-12-16(30-23(34)31-17-8-9-20(25)19(13-17)24(26,27)28)7-6-15(14)10-11-29-22(33)18-4-2-3-5-21(18)32/h2-9,12-13,32H,10-11H2,1H3,(H,29,33)(H2,30,31,34). The fourth-order valence-electron chi connectivity index (χ4n) is 3.24. The quantitative estimate of drug-likeness (QED) is 0.341. The third kappa shape index (κ3) is 6.41. The highest BCUT2D eigenvalue weighted by Gasteiger charge is 2.33. The van der Waals surface area contributed by atoms with Crippen LogP contribution >= 0.6 is 11.6 Å². The molecular weight excluding hydrogens is 471 g/mol. The summed E-state index contributed by atoms with van der Waals surface area (Å²) < 4.78 is 39.0. The van der Waals surface area contributed by atoms with Gasteiger partial charge in [-0.3, -0.25) is 4.79 Å². The molecule has 0 aromatic heterocycles. The smallest absolute Gasteiger partial charge is 0.417 e. The fraction of sp³-hybridized carbons (Fsp3) is 0.167. The van der Waals surface area contributed by atoms with Gasteiger partial charge in [0.25, 0.3) is 5.91 Å². The molecule has 0 aliphatic carbocycles. The van der Waals surface area contributed by atoms with Crippen molar-refractivity contribution < 1.29 is 27.9 Å². The summed E-state index contributed by atoms with van der Waals surface area (Å²) in [5.41, 5.74) is 1.32. The summed E-state index contributed by atoms with van der Waals surface area (Å²) >= 11 is 5.59. The molecule has 0 spiro atoms. The van der Waals surface area contributed by atoms with Crippen molar-refractivity contribution in [3.63, 3.8) is 0 Å². The average Bonchev–Trinajstić information content (AvgIpc) is 2.76. The molecule has 0 fully saturated rings. The Morgan fingerprint density at radius 3 is 2.26 bits per heavy atom. The normalized spacial score (nSPS) is 11.1. The Kier molecular flexibility index (Phi) is 7.68. The summed E-state index contributed by atoms with van der Waals surface area (Å²) in [5.74, 6) is -0.486. The second-order valence-corrected chi connectivity index (χ2v) is 7.84. The highest BCUT2D eigenvalue weighted by molar-refractivity contribution is 6.31. The molecule has 4 N–H and O–H groups in total. The molecule has 6 nitrogen and oxygen atoms in total. The van der Waals surface area contributed by atoms with Crippen LogP contribution in [0.3, 0.4) is 0 Å². The van der Waals surface area contributed by atoms with E-state index in [1.165, 1.54) is 18.2 Å². The van der Waals surface area contributed by atoms with E-state index in [1.54, 1.807) is 30.3 Å². The first-order valence-electron chi connectivity index (χ1n) is 10.1. The molecule has 0 heterocycles. The molecule has 0 saturated heterocycles. The average molecular weight is 492 g/mol. The number of phenols is 1. The lowest BCUT2D eigenvalue weighted by Gasteiger charge is -2.13. The van der Waals surface area contributed by atoms with E-state index in [0.717, 1.165) is 23.3 Å². The number of benzene rings is 3. The zero-order valence-electron chi connectivity index (χ0n) is 18.0. The van der Waals surface area contributed by atoms with E-state index < -0.39 is 22.8 Å². The van der Waals surface area contributed by atoms with Crippen molar-refractivity contribution in [3.8, 4) is 5.75 Å². The maximum absolute atomic E-state index is 13.0. The SMILES string of the molecule is Cc1cc(NC(=O)Nc2ccc(Cl)c(C(F)(F)F)c2)ccc1CCNC(=O)c1ccccc1O. The second kappa shape index (κ2) is 10.5. The van der Waals surface area contributed by atoms with Crippen molar-refractivity contribution in [1.29, 1.82) is 0 Å². The van der Waals surface area contributed by atoms with Crippen LogP contribution in [0.15, 0.2) is 60.7 Å². The van der Waals surface area contributed by atoms with Crippen molar-refractivity contribution in [2.24, 2.45) is 0 Å². The fourth-order valence-corrected chi connectivity index (χ4v) is 3.46. The van der Waals surface area contributed by atoms with Gasteiger partial charge in [0, 0.05) is 17.9 Å². The van der Waals surface area contributed by atoms with Crippen molar-refractivity contribution in [1.82, 2.24) is 5.32 Å². The second-order valence-electron chi connectivity index (χ2n) is 7.44. The first kappa shape index (κ1) is 24.9. The van der Waals surface area contributed by atoms with E-state index in [-0.39, 0.29) is 22.9 Å². The number of carbonyl (C=O) groups is 2. The molecular formula is C24H21ClF3N3O3. The van der Waals surface area contributed by atoms with E-state index in [1.807, 2.05) is 6.92 Å². The monoisotopic (exact) mass is 491 g/mol. The minimum atomic E-state index is -4.64. The van der Waals surface area contributed by atoms with Gasteiger partial charge in [-0.25, -0.2) is 4.79 Å². The molecule has 0 unspecified atom stereocenters. The van der Waals surface area contributed by atoms with Crippen molar-refractivity contribution in [2.75, 3.05) is 17.2 Å². The number of aryl methyl sites for hydroxylation is 1. The highest BCUT2D eigenvalue weighted by Crippen LogP contribution is 2.36. The van der Waals surface area contributed by atoms with Crippen LogP contribution in [0.25, 0.3) is 0 Å². The lowest BCUT2D eigenvalue weighted by Crippen LogP contribution is -2.26. The van der Waals surface area contributed by atoms with Crippen LogP contribution in [0.1, 0.15) is 27.0 Å². The van der Waals surface area contributed by atoms with Crippen LogP contribution in [-0.4, -0.2) is 23.6 Å². The molecule has 0 bridgehead atoms. The molecule has 3 aromatic rings. The number of nitrogens with one attached hydrogen (secondary N) is 3. The van der Waals surface area contributed by atoms with Gasteiger partial charge >= 0.3 is 12.2 Å². The molecule has 3 amide bonds. The zero-order chi connectivity index (χ0) is 24.9. The van der Waals surface area contributed by atoms with E-state index in [4.69, 9.17) is 11.6 Å². The maximum Gasteiger partial charge on any atom is 0.417 e. The minimum absolute atomic E-state index is 0.0530. The van der Waals surface area contributed by atoms with Gasteiger partial charge in [-0.15, -0.1) is 0 Å². The molecule has 0 saturated carbocycles. The van der Waals surface area contributed by atoms with Gasteiger partial charge in [-0.1, -0.05) is 29.8 Å². The van der Waals surface area contributed by atoms with Gasteiger partial charge in [0.1, 0.15) is 5.75 Å². The molecule has 3 aromatic carbocycles. The Morgan fingerprint density at radius 1 is 0.971 bits per heavy atom. The third-order valence-corrected chi connectivity index (χ3v) is 5.29. The van der Waals surface area contributed by atoms with Crippen molar-refractivity contribution >= 4 is 34.9 Å². The van der Waals surface area contributed by atoms with Crippen molar-refractivity contribution in [2.45, 2.75) is 19.5 Å². The minimum Gasteiger partial charge on any atom is -0.507 e. The Labute approximate surface area is 198 Å². The predicted octanol–water partition coefficient (Wildman–Crippen LogP) is 5.99. The third-order valence-electron chi connectivity index (χ3n) is 4.96. The number of halogens is 4.